The van der Waals surface area contributed by atoms with Crippen LogP contribution in [0.15, 0.2) is 36.4 Å². The van der Waals surface area contributed by atoms with Crippen molar-refractivity contribution in [3.05, 3.63) is 79.1 Å². The van der Waals surface area contributed by atoms with Crippen LogP contribution in [0.4, 0.5) is 15.8 Å². The highest BCUT2D eigenvalue weighted by Crippen LogP contribution is 2.34. The molecule has 0 radical (unpaired) electrons. The Balaban J connectivity index is 2.03. The van der Waals surface area contributed by atoms with Crippen LogP contribution in [0.2, 0.25) is 0 Å². The molecule has 10 heteroatoms. The van der Waals surface area contributed by atoms with Gasteiger partial charge in [0.15, 0.2) is 0 Å². The number of nitro benzene ring substituents is 2. The molecular weight excluding hydrogens is 385 g/mol. The lowest BCUT2D eigenvalue weighted by Gasteiger charge is -2.38. The standard InChI is InChI=1S/C19H18FN3O6/c1-12-16(10-15(22(25)26)11-17(12)23(27)28)18(24)21-19(6-8-29-9-7-19)13-2-4-14(20)5-3-13/h2-5,10-11H,6-9H2,1H3,(H,21,24). The number of halogens is 1. The molecule has 152 valence electrons. The maximum atomic E-state index is 13.4. The summed E-state index contributed by atoms with van der Waals surface area (Å²) in [5.74, 6) is -1.10. The van der Waals surface area contributed by atoms with E-state index >= 15 is 0 Å². The third-order valence-electron chi connectivity index (χ3n) is 5.11. The van der Waals surface area contributed by atoms with E-state index in [4.69, 9.17) is 4.74 Å². The van der Waals surface area contributed by atoms with E-state index in [1.807, 2.05) is 0 Å². The average Bonchev–Trinajstić information content (AvgIpc) is 2.68. The molecule has 1 N–H and O–H groups in total. The predicted molar refractivity (Wildman–Crippen MR) is 100 cm³/mol. The van der Waals surface area contributed by atoms with E-state index in [0.29, 0.717) is 31.6 Å². The number of ether oxygens (including phenoxy) is 1. The molecule has 1 saturated heterocycles. The molecule has 1 aliphatic heterocycles. The number of hydrogen-bond acceptors (Lipinski definition) is 6. The van der Waals surface area contributed by atoms with Crippen molar-refractivity contribution in [2.45, 2.75) is 25.3 Å². The van der Waals surface area contributed by atoms with Gasteiger partial charge >= 0.3 is 0 Å². The number of carbonyl (C=O) groups is 1. The van der Waals surface area contributed by atoms with Gasteiger partial charge in [-0.05, 0) is 37.5 Å². The second kappa shape index (κ2) is 7.92. The lowest BCUT2D eigenvalue weighted by Crippen LogP contribution is -2.49. The number of rotatable bonds is 5. The van der Waals surface area contributed by atoms with Gasteiger partial charge in [0.1, 0.15) is 5.82 Å². The van der Waals surface area contributed by atoms with Gasteiger partial charge in [-0.1, -0.05) is 12.1 Å². The highest BCUT2D eigenvalue weighted by atomic mass is 19.1. The normalized spacial score (nSPS) is 15.5. The van der Waals surface area contributed by atoms with E-state index in [0.717, 1.165) is 12.1 Å². The Morgan fingerprint density at radius 2 is 1.72 bits per heavy atom. The lowest BCUT2D eigenvalue weighted by atomic mass is 9.82. The van der Waals surface area contributed by atoms with Gasteiger partial charge in [-0.3, -0.25) is 25.0 Å². The molecule has 1 amide bonds. The van der Waals surface area contributed by atoms with Crippen molar-refractivity contribution in [2.75, 3.05) is 13.2 Å². The van der Waals surface area contributed by atoms with E-state index in [9.17, 15) is 29.4 Å². The topological polar surface area (TPSA) is 125 Å². The molecule has 2 aromatic rings. The maximum absolute atomic E-state index is 13.4. The van der Waals surface area contributed by atoms with Crippen molar-refractivity contribution in [3.8, 4) is 0 Å². The first-order valence-electron chi connectivity index (χ1n) is 8.83. The Hall–Kier alpha value is -3.40. The zero-order valence-electron chi connectivity index (χ0n) is 15.5. The fraction of sp³-hybridized carbons (Fsp3) is 0.316. The number of benzene rings is 2. The minimum Gasteiger partial charge on any atom is -0.381 e. The molecule has 29 heavy (non-hydrogen) atoms. The summed E-state index contributed by atoms with van der Waals surface area (Å²) in [6.07, 6.45) is 0.806. The molecule has 0 saturated carbocycles. The molecule has 0 atom stereocenters. The van der Waals surface area contributed by atoms with Crippen LogP contribution in [0.1, 0.15) is 34.3 Å². The van der Waals surface area contributed by atoms with Gasteiger partial charge < -0.3 is 10.1 Å². The number of non-ortho nitro benzene ring substituents is 1. The first kappa shape index (κ1) is 20.3. The summed E-state index contributed by atoms with van der Waals surface area (Å²) in [5.41, 5.74) is -1.40. The zero-order chi connectivity index (χ0) is 21.2. The smallest absolute Gasteiger partial charge is 0.279 e. The molecule has 0 aliphatic carbocycles. The highest BCUT2D eigenvalue weighted by Gasteiger charge is 2.37. The van der Waals surface area contributed by atoms with E-state index in [-0.39, 0.29) is 11.1 Å². The summed E-state index contributed by atoms with van der Waals surface area (Å²) in [5, 5.41) is 25.3. The molecule has 1 heterocycles. The quantitative estimate of drug-likeness (QED) is 0.603. The minimum absolute atomic E-state index is 0.0272. The zero-order valence-corrected chi connectivity index (χ0v) is 15.5. The Morgan fingerprint density at radius 3 is 2.28 bits per heavy atom. The lowest BCUT2D eigenvalue weighted by molar-refractivity contribution is -0.394. The molecule has 0 unspecified atom stereocenters. The van der Waals surface area contributed by atoms with Gasteiger partial charge in [-0.15, -0.1) is 0 Å². The molecule has 0 aromatic heterocycles. The van der Waals surface area contributed by atoms with E-state index in [1.165, 1.54) is 19.1 Å². The third-order valence-corrected chi connectivity index (χ3v) is 5.11. The Morgan fingerprint density at radius 1 is 1.10 bits per heavy atom. The second-order valence-electron chi connectivity index (χ2n) is 6.81. The van der Waals surface area contributed by atoms with Gasteiger partial charge in [-0.2, -0.15) is 0 Å². The van der Waals surface area contributed by atoms with Crippen molar-refractivity contribution in [1.29, 1.82) is 0 Å². The van der Waals surface area contributed by atoms with Crippen LogP contribution in [0, 0.1) is 33.0 Å². The molecule has 2 aromatic carbocycles. The highest BCUT2D eigenvalue weighted by molar-refractivity contribution is 5.98. The number of nitro groups is 2. The monoisotopic (exact) mass is 403 g/mol. The van der Waals surface area contributed by atoms with Gasteiger partial charge in [0, 0.05) is 24.8 Å². The Bertz CT molecular complexity index is 971. The summed E-state index contributed by atoms with van der Waals surface area (Å²) in [7, 11) is 0. The summed E-state index contributed by atoms with van der Waals surface area (Å²) >= 11 is 0. The molecule has 0 bridgehead atoms. The van der Waals surface area contributed by atoms with Crippen LogP contribution in [-0.2, 0) is 10.3 Å². The van der Waals surface area contributed by atoms with Crippen LogP contribution in [0.3, 0.4) is 0 Å². The van der Waals surface area contributed by atoms with Crippen LogP contribution >= 0.6 is 0 Å². The average molecular weight is 403 g/mol. The third kappa shape index (κ3) is 4.06. The van der Waals surface area contributed by atoms with Crippen molar-refractivity contribution in [3.63, 3.8) is 0 Å². The number of amides is 1. The number of hydrogen-bond donors (Lipinski definition) is 1. The number of carbonyl (C=O) groups excluding carboxylic acids is 1. The molecular formula is C19H18FN3O6. The fourth-order valence-electron chi connectivity index (χ4n) is 3.47. The van der Waals surface area contributed by atoms with Gasteiger partial charge in [-0.25, -0.2) is 4.39 Å². The second-order valence-corrected chi connectivity index (χ2v) is 6.81. The summed E-state index contributed by atoms with van der Waals surface area (Å²) < 4.78 is 18.7. The summed E-state index contributed by atoms with van der Waals surface area (Å²) in [6.45, 7) is 2.07. The van der Waals surface area contributed by atoms with E-state index in [1.54, 1.807) is 12.1 Å². The number of nitrogens with zero attached hydrogens (tertiary/aromatic N) is 2. The van der Waals surface area contributed by atoms with E-state index in [2.05, 4.69) is 5.32 Å². The van der Waals surface area contributed by atoms with Crippen LogP contribution in [0.5, 0.6) is 0 Å². The Labute approximate surface area is 164 Å². The molecule has 1 fully saturated rings. The predicted octanol–water partition coefficient (Wildman–Crippen LogP) is 3.39. The SMILES string of the molecule is Cc1c(C(=O)NC2(c3ccc(F)cc3)CCOCC2)cc([N+](=O)[O-])cc1[N+](=O)[O-]. The van der Waals surface area contributed by atoms with Gasteiger partial charge in [0.05, 0.1) is 27.0 Å². The number of nitrogens with one attached hydrogen (secondary N) is 1. The first-order chi connectivity index (χ1) is 13.7. The summed E-state index contributed by atoms with van der Waals surface area (Å²) in [6, 6.07) is 7.53. The first-order valence-corrected chi connectivity index (χ1v) is 8.83. The van der Waals surface area contributed by atoms with Crippen molar-refractivity contribution in [1.82, 2.24) is 5.32 Å². The van der Waals surface area contributed by atoms with Crippen molar-refractivity contribution < 1.29 is 23.8 Å². The molecule has 0 spiro atoms. The largest absolute Gasteiger partial charge is 0.381 e. The molecule has 3 rings (SSSR count). The van der Waals surface area contributed by atoms with Crippen LogP contribution in [-0.4, -0.2) is 29.0 Å². The molecule has 1 aliphatic rings. The van der Waals surface area contributed by atoms with Crippen molar-refractivity contribution in [2.24, 2.45) is 0 Å². The van der Waals surface area contributed by atoms with Gasteiger partial charge in [0.25, 0.3) is 17.3 Å². The fourth-order valence-corrected chi connectivity index (χ4v) is 3.47. The Kier molecular flexibility index (Phi) is 5.55. The van der Waals surface area contributed by atoms with E-state index < -0.39 is 38.5 Å². The van der Waals surface area contributed by atoms with Crippen LogP contribution < -0.4 is 5.32 Å². The minimum atomic E-state index is -0.880. The van der Waals surface area contributed by atoms with Crippen molar-refractivity contribution >= 4 is 17.3 Å². The molecule has 9 nitrogen and oxygen atoms in total. The maximum Gasteiger partial charge on any atom is 0.279 e. The summed E-state index contributed by atoms with van der Waals surface area (Å²) in [4.78, 5) is 34.0. The van der Waals surface area contributed by atoms with Gasteiger partial charge in [0.2, 0.25) is 0 Å². The van der Waals surface area contributed by atoms with Crippen LogP contribution in [0.25, 0.3) is 0 Å².